The van der Waals surface area contributed by atoms with Gasteiger partial charge in [-0.15, -0.1) is 0 Å². The number of halogens is 2. The summed E-state index contributed by atoms with van der Waals surface area (Å²) in [5.74, 6) is -0.344. The van der Waals surface area contributed by atoms with Gasteiger partial charge in [0.2, 0.25) is 1.66 Å². The summed E-state index contributed by atoms with van der Waals surface area (Å²) in [6, 6.07) is 0. The molecule has 0 aliphatic carbocycles. The van der Waals surface area contributed by atoms with E-state index in [9.17, 15) is 13.2 Å². The van der Waals surface area contributed by atoms with Crippen LogP contribution in [-0.2, 0) is 14.6 Å². The predicted molar refractivity (Wildman–Crippen MR) is 65.0 cm³/mol. The van der Waals surface area contributed by atoms with Crippen LogP contribution in [0.15, 0.2) is 0 Å². The average Bonchev–Trinajstić information content (AvgIpc) is 1.81. The number of alkyl halides is 2. The average molecular weight is 383 g/mol. The number of hydrogen-bond acceptors (Lipinski definition) is 3. The zero-order valence-corrected chi connectivity index (χ0v) is 12.4. The lowest BCUT2D eigenvalue weighted by atomic mass is 9.92. The highest BCUT2D eigenvalue weighted by Crippen LogP contribution is 2.39. The van der Waals surface area contributed by atoms with Gasteiger partial charge in [0.05, 0.1) is 0 Å². The Kier molecular flexibility index (Phi) is 4.01. The van der Waals surface area contributed by atoms with E-state index < -0.39 is 16.9 Å². The normalized spacial score (nSPS) is 18.0. The van der Waals surface area contributed by atoms with E-state index in [0.717, 1.165) is 6.26 Å². The van der Waals surface area contributed by atoms with Crippen molar-refractivity contribution in [1.82, 2.24) is 0 Å². The Hall–Kier alpha value is 0.830. The van der Waals surface area contributed by atoms with Crippen LogP contribution in [0.4, 0.5) is 0 Å². The van der Waals surface area contributed by atoms with E-state index in [2.05, 4.69) is 15.9 Å². The lowest BCUT2D eigenvalue weighted by Gasteiger charge is -2.25. The minimum atomic E-state index is -3.43. The molecule has 0 fully saturated rings. The van der Waals surface area contributed by atoms with Gasteiger partial charge in [-0.25, -0.2) is 8.42 Å². The minimum Gasteiger partial charge on any atom is -0.295 e. The molecule has 0 N–H and O–H groups in total. The molecule has 0 aliphatic heterocycles. The van der Waals surface area contributed by atoms with E-state index in [1.54, 1.807) is 43.4 Å². The van der Waals surface area contributed by atoms with Crippen LogP contribution >= 0.6 is 38.5 Å². The fourth-order valence-corrected chi connectivity index (χ4v) is 2.65. The second kappa shape index (κ2) is 3.77. The third kappa shape index (κ3) is 3.16. The second-order valence-electron chi connectivity index (χ2n) is 3.87. The Balaban J connectivity index is 5.23. The minimum absolute atomic E-state index is 0.344. The molecule has 0 bridgehead atoms. The zero-order chi connectivity index (χ0) is 11.1. The molecule has 0 amide bonds. The highest BCUT2D eigenvalue weighted by Gasteiger charge is 2.47. The number of rotatable bonds is 2. The van der Waals surface area contributed by atoms with Crippen LogP contribution in [0.5, 0.6) is 0 Å². The number of ketones is 1. The van der Waals surface area contributed by atoms with Gasteiger partial charge < -0.3 is 0 Å². The first-order valence-electron chi connectivity index (χ1n) is 3.53. The first-order valence-corrected chi connectivity index (χ1v) is 7.29. The smallest absolute Gasteiger partial charge is 0.234 e. The van der Waals surface area contributed by atoms with Gasteiger partial charge in [-0.1, -0.05) is 20.8 Å². The van der Waals surface area contributed by atoms with Gasteiger partial charge in [-0.05, 0) is 38.5 Å². The molecule has 0 aromatic rings. The standard InChI is InChI=1S/C7H12BrIO3S/c1-6(2,3)5(10)7(8,9)13(4,11)12/h1-4H3. The first kappa shape index (κ1) is 13.8. The number of carbonyl (C=O) groups is 1. The number of carbonyl (C=O) groups excluding carboxylic acids is 1. The topological polar surface area (TPSA) is 51.2 Å². The molecule has 3 nitrogen and oxygen atoms in total. The molecule has 13 heavy (non-hydrogen) atoms. The van der Waals surface area contributed by atoms with E-state index >= 15 is 0 Å². The number of hydrogen-bond donors (Lipinski definition) is 0. The Morgan fingerprint density at radius 2 is 1.62 bits per heavy atom. The largest absolute Gasteiger partial charge is 0.295 e. The molecule has 0 radical (unpaired) electrons. The predicted octanol–water partition coefficient (Wildman–Crippen LogP) is 2.13. The van der Waals surface area contributed by atoms with Gasteiger partial charge in [0.25, 0.3) is 0 Å². The van der Waals surface area contributed by atoms with Gasteiger partial charge in [0, 0.05) is 11.7 Å². The van der Waals surface area contributed by atoms with Gasteiger partial charge in [0.15, 0.2) is 15.6 Å². The molecule has 1 unspecified atom stereocenters. The van der Waals surface area contributed by atoms with E-state index in [4.69, 9.17) is 0 Å². The molecule has 0 aromatic heterocycles. The van der Waals surface area contributed by atoms with E-state index in [1.165, 1.54) is 0 Å². The van der Waals surface area contributed by atoms with Crippen LogP contribution in [0, 0.1) is 5.41 Å². The summed E-state index contributed by atoms with van der Waals surface area (Å²) < 4.78 is 21.0. The Morgan fingerprint density at radius 1 is 1.31 bits per heavy atom. The Bertz CT molecular complexity index is 313. The lowest BCUT2D eigenvalue weighted by Crippen LogP contribution is -2.41. The molecule has 0 heterocycles. The lowest BCUT2D eigenvalue weighted by molar-refractivity contribution is -0.124. The van der Waals surface area contributed by atoms with Crippen LogP contribution in [0.1, 0.15) is 20.8 Å². The maximum atomic E-state index is 11.7. The van der Waals surface area contributed by atoms with Crippen molar-refractivity contribution < 1.29 is 13.2 Å². The van der Waals surface area contributed by atoms with Crippen molar-refractivity contribution in [2.75, 3.05) is 6.26 Å². The van der Waals surface area contributed by atoms with Crippen molar-refractivity contribution in [3.8, 4) is 0 Å². The maximum Gasteiger partial charge on any atom is 0.234 e. The van der Waals surface area contributed by atoms with Crippen molar-refractivity contribution >= 4 is 54.1 Å². The first-order chi connectivity index (χ1) is 5.40. The summed E-state index contributed by atoms with van der Waals surface area (Å²) in [4.78, 5) is 11.7. The van der Waals surface area contributed by atoms with Crippen molar-refractivity contribution in [3.63, 3.8) is 0 Å². The SMILES string of the molecule is CC(C)(C)C(=O)C(Br)(I)S(C)(=O)=O. The Morgan fingerprint density at radius 3 is 1.69 bits per heavy atom. The summed E-state index contributed by atoms with van der Waals surface area (Å²) in [5, 5.41) is 0. The molecule has 1 atom stereocenters. The quantitative estimate of drug-likeness (QED) is 0.543. The fourth-order valence-electron chi connectivity index (χ4n) is 0.605. The zero-order valence-electron chi connectivity index (χ0n) is 7.89. The van der Waals surface area contributed by atoms with Crippen molar-refractivity contribution in [2.24, 2.45) is 5.41 Å². The summed E-state index contributed by atoms with van der Waals surface area (Å²) in [7, 11) is -3.43. The molecule has 0 rings (SSSR count). The highest BCUT2D eigenvalue weighted by atomic mass is 127. The maximum absolute atomic E-state index is 11.7. The van der Waals surface area contributed by atoms with Crippen molar-refractivity contribution in [2.45, 2.75) is 22.4 Å². The molecule has 78 valence electrons. The van der Waals surface area contributed by atoms with E-state index in [1.807, 2.05) is 0 Å². The summed E-state index contributed by atoms with van der Waals surface area (Å²) in [6.07, 6.45) is 1.04. The molecule has 0 saturated heterocycles. The highest BCUT2D eigenvalue weighted by molar-refractivity contribution is 14.1. The summed E-state index contributed by atoms with van der Waals surface area (Å²) in [6.45, 7) is 5.07. The molecular formula is C7H12BrIO3S. The monoisotopic (exact) mass is 382 g/mol. The van der Waals surface area contributed by atoms with Crippen LogP contribution in [0.25, 0.3) is 0 Å². The molecule has 0 saturated carbocycles. The van der Waals surface area contributed by atoms with E-state index in [0.29, 0.717) is 0 Å². The van der Waals surface area contributed by atoms with Gasteiger partial charge in [-0.3, -0.25) is 4.79 Å². The fraction of sp³-hybridized carbons (Fsp3) is 0.857. The third-order valence-corrected chi connectivity index (χ3v) is 7.54. The summed E-state index contributed by atoms with van der Waals surface area (Å²) >= 11 is 4.57. The summed E-state index contributed by atoms with van der Waals surface area (Å²) in [5.41, 5.74) is -0.673. The number of Topliss-reactive ketones (excluding diaryl/α,β-unsaturated/α-hetero) is 1. The molecule has 0 aliphatic rings. The Labute approximate surface area is 101 Å². The van der Waals surface area contributed by atoms with Crippen LogP contribution < -0.4 is 0 Å². The van der Waals surface area contributed by atoms with Crippen molar-refractivity contribution in [1.29, 1.82) is 0 Å². The van der Waals surface area contributed by atoms with Gasteiger partial charge >= 0.3 is 0 Å². The molecule has 6 heteroatoms. The van der Waals surface area contributed by atoms with Crippen LogP contribution in [-0.4, -0.2) is 22.1 Å². The molecule has 0 aromatic carbocycles. The second-order valence-corrected chi connectivity index (χ2v) is 11.6. The van der Waals surface area contributed by atoms with Crippen LogP contribution in [0.2, 0.25) is 0 Å². The number of sulfone groups is 1. The molecular weight excluding hydrogens is 371 g/mol. The van der Waals surface area contributed by atoms with E-state index in [-0.39, 0.29) is 5.78 Å². The van der Waals surface area contributed by atoms with Crippen molar-refractivity contribution in [3.05, 3.63) is 0 Å². The third-order valence-electron chi connectivity index (χ3n) is 1.41. The van der Waals surface area contributed by atoms with Gasteiger partial charge in [0.1, 0.15) is 0 Å². The molecule has 0 spiro atoms. The van der Waals surface area contributed by atoms with Gasteiger partial charge in [-0.2, -0.15) is 0 Å². The van der Waals surface area contributed by atoms with Crippen LogP contribution in [0.3, 0.4) is 0 Å².